The molecule has 1 aromatic carbocycles. The highest BCUT2D eigenvalue weighted by molar-refractivity contribution is 7.99. The molecule has 0 aliphatic carbocycles. The van der Waals surface area contributed by atoms with Gasteiger partial charge in [-0.1, -0.05) is 24.3 Å². The van der Waals surface area contributed by atoms with Crippen LogP contribution in [0.3, 0.4) is 0 Å². The van der Waals surface area contributed by atoms with Gasteiger partial charge in [0, 0.05) is 25.7 Å². The SMILES string of the molecule is Cc1ccccc1CN1CCC(NC(=O)C2(O)CCSCC2)CC1. The fourth-order valence-electron chi connectivity index (χ4n) is 3.52. The molecule has 2 saturated heterocycles. The third-order valence-corrected chi connectivity index (χ3v) is 6.31. The number of rotatable bonds is 4. The van der Waals surface area contributed by atoms with Crippen LogP contribution < -0.4 is 5.32 Å². The van der Waals surface area contributed by atoms with Gasteiger partial charge in [-0.25, -0.2) is 0 Å². The van der Waals surface area contributed by atoms with Crippen molar-refractivity contribution in [2.24, 2.45) is 0 Å². The molecule has 0 atom stereocenters. The maximum absolute atomic E-state index is 12.4. The zero-order valence-electron chi connectivity index (χ0n) is 14.5. The van der Waals surface area contributed by atoms with Crippen LogP contribution in [0.2, 0.25) is 0 Å². The molecule has 4 nitrogen and oxygen atoms in total. The Balaban J connectivity index is 1.47. The number of hydrogen-bond acceptors (Lipinski definition) is 4. The molecule has 0 spiro atoms. The topological polar surface area (TPSA) is 52.6 Å². The van der Waals surface area contributed by atoms with Gasteiger partial charge in [-0.15, -0.1) is 0 Å². The van der Waals surface area contributed by atoms with E-state index in [1.807, 2.05) is 11.8 Å². The lowest BCUT2D eigenvalue weighted by molar-refractivity contribution is -0.141. The largest absolute Gasteiger partial charge is 0.380 e. The fraction of sp³-hybridized carbons (Fsp3) is 0.632. The van der Waals surface area contributed by atoms with Crippen LogP contribution in [0.4, 0.5) is 0 Å². The second-order valence-electron chi connectivity index (χ2n) is 7.09. The highest BCUT2D eigenvalue weighted by atomic mass is 32.2. The van der Waals surface area contributed by atoms with Gasteiger partial charge in [0.05, 0.1) is 0 Å². The van der Waals surface area contributed by atoms with E-state index in [1.54, 1.807) is 0 Å². The van der Waals surface area contributed by atoms with E-state index in [2.05, 4.69) is 41.4 Å². The van der Waals surface area contributed by atoms with E-state index in [4.69, 9.17) is 0 Å². The quantitative estimate of drug-likeness (QED) is 0.877. The van der Waals surface area contributed by atoms with Gasteiger partial charge in [0.1, 0.15) is 5.60 Å². The van der Waals surface area contributed by atoms with Crippen LogP contribution in [0.15, 0.2) is 24.3 Å². The van der Waals surface area contributed by atoms with Crippen molar-refractivity contribution in [1.82, 2.24) is 10.2 Å². The van der Waals surface area contributed by atoms with Crippen LogP contribution in [-0.2, 0) is 11.3 Å². The number of carbonyl (C=O) groups excluding carboxylic acids is 1. The Bertz CT molecular complexity index is 564. The van der Waals surface area contributed by atoms with E-state index >= 15 is 0 Å². The number of likely N-dealkylation sites (tertiary alicyclic amines) is 1. The predicted octanol–water partition coefficient (Wildman–Crippen LogP) is 2.33. The summed E-state index contributed by atoms with van der Waals surface area (Å²) < 4.78 is 0. The molecule has 132 valence electrons. The summed E-state index contributed by atoms with van der Waals surface area (Å²) in [5.74, 6) is 1.59. The zero-order chi connectivity index (χ0) is 17.0. The molecular weight excluding hydrogens is 320 g/mol. The Morgan fingerprint density at radius 3 is 2.62 bits per heavy atom. The molecule has 0 saturated carbocycles. The number of thioether (sulfide) groups is 1. The second kappa shape index (κ2) is 7.89. The van der Waals surface area contributed by atoms with E-state index in [0.717, 1.165) is 44.0 Å². The summed E-state index contributed by atoms with van der Waals surface area (Å²) in [5, 5.41) is 13.6. The number of nitrogens with one attached hydrogen (secondary N) is 1. The van der Waals surface area contributed by atoms with Gasteiger partial charge in [-0.3, -0.25) is 9.69 Å². The van der Waals surface area contributed by atoms with Gasteiger partial charge >= 0.3 is 0 Å². The van der Waals surface area contributed by atoms with Gasteiger partial charge in [0.15, 0.2) is 0 Å². The normalized spacial score (nSPS) is 22.2. The van der Waals surface area contributed by atoms with Crippen molar-refractivity contribution in [2.75, 3.05) is 24.6 Å². The monoisotopic (exact) mass is 348 g/mol. The predicted molar refractivity (Wildman–Crippen MR) is 99.1 cm³/mol. The van der Waals surface area contributed by atoms with Crippen LogP contribution >= 0.6 is 11.8 Å². The number of nitrogens with zero attached hydrogens (tertiary/aromatic N) is 1. The van der Waals surface area contributed by atoms with Gasteiger partial charge < -0.3 is 10.4 Å². The first kappa shape index (κ1) is 17.8. The van der Waals surface area contributed by atoms with Crippen molar-refractivity contribution in [3.8, 4) is 0 Å². The highest BCUT2D eigenvalue weighted by Gasteiger charge is 2.38. The summed E-state index contributed by atoms with van der Waals surface area (Å²) in [5.41, 5.74) is 1.59. The molecule has 0 bridgehead atoms. The first-order valence-corrected chi connectivity index (χ1v) is 10.1. The number of hydrogen-bond donors (Lipinski definition) is 2. The van der Waals surface area contributed by atoms with Gasteiger partial charge in [0.25, 0.3) is 5.91 Å². The summed E-state index contributed by atoms with van der Waals surface area (Å²) >= 11 is 1.82. The minimum Gasteiger partial charge on any atom is -0.380 e. The van der Waals surface area contributed by atoms with Crippen molar-refractivity contribution >= 4 is 17.7 Å². The molecule has 3 rings (SSSR count). The molecule has 5 heteroatoms. The molecule has 24 heavy (non-hydrogen) atoms. The summed E-state index contributed by atoms with van der Waals surface area (Å²) in [7, 11) is 0. The molecule has 2 aliphatic heterocycles. The van der Waals surface area contributed by atoms with Crippen LogP contribution in [-0.4, -0.2) is 52.2 Å². The number of piperidine rings is 1. The first-order valence-electron chi connectivity index (χ1n) is 8.95. The van der Waals surface area contributed by atoms with Crippen LogP contribution in [0.25, 0.3) is 0 Å². The van der Waals surface area contributed by atoms with E-state index in [9.17, 15) is 9.90 Å². The lowest BCUT2D eigenvalue weighted by Crippen LogP contribution is -2.54. The first-order chi connectivity index (χ1) is 11.6. The van der Waals surface area contributed by atoms with E-state index < -0.39 is 5.60 Å². The van der Waals surface area contributed by atoms with Crippen molar-refractivity contribution in [3.05, 3.63) is 35.4 Å². The van der Waals surface area contributed by atoms with E-state index in [1.165, 1.54) is 11.1 Å². The Hall–Kier alpha value is -1.04. The van der Waals surface area contributed by atoms with E-state index in [0.29, 0.717) is 12.8 Å². The van der Waals surface area contributed by atoms with Crippen molar-refractivity contribution in [2.45, 2.75) is 50.8 Å². The minimum absolute atomic E-state index is 0.153. The number of aliphatic hydroxyl groups is 1. The maximum Gasteiger partial charge on any atom is 0.252 e. The number of carbonyl (C=O) groups is 1. The molecule has 0 radical (unpaired) electrons. The van der Waals surface area contributed by atoms with Crippen LogP contribution in [0.1, 0.15) is 36.8 Å². The molecule has 0 unspecified atom stereocenters. The minimum atomic E-state index is -1.14. The summed E-state index contributed by atoms with van der Waals surface area (Å²) in [6, 6.07) is 8.72. The van der Waals surface area contributed by atoms with Crippen molar-refractivity contribution in [1.29, 1.82) is 0 Å². The molecular formula is C19H28N2O2S. The Morgan fingerprint density at radius 1 is 1.29 bits per heavy atom. The lowest BCUT2D eigenvalue weighted by atomic mass is 9.94. The molecule has 0 aromatic heterocycles. The molecule has 1 aromatic rings. The molecule has 2 N–H and O–H groups in total. The molecule has 2 fully saturated rings. The summed E-state index contributed by atoms with van der Waals surface area (Å²) in [4.78, 5) is 14.9. The zero-order valence-corrected chi connectivity index (χ0v) is 15.3. The molecule has 2 aliphatic rings. The Kier molecular flexibility index (Phi) is 5.85. The molecule has 1 amide bonds. The van der Waals surface area contributed by atoms with Crippen molar-refractivity contribution in [3.63, 3.8) is 0 Å². The summed E-state index contributed by atoms with van der Waals surface area (Å²) in [6.45, 7) is 5.13. The van der Waals surface area contributed by atoms with Crippen LogP contribution in [0, 0.1) is 6.92 Å². The third-order valence-electron chi connectivity index (χ3n) is 5.32. The number of benzene rings is 1. The van der Waals surface area contributed by atoms with Crippen LogP contribution in [0.5, 0.6) is 0 Å². The highest BCUT2D eigenvalue weighted by Crippen LogP contribution is 2.27. The van der Waals surface area contributed by atoms with Gasteiger partial charge in [-0.2, -0.15) is 11.8 Å². The smallest absolute Gasteiger partial charge is 0.252 e. The van der Waals surface area contributed by atoms with Gasteiger partial charge in [0.2, 0.25) is 0 Å². The fourth-order valence-corrected chi connectivity index (χ4v) is 4.69. The average Bonchev–Trinajstić information content (AvgIpc) is 2.59. The number of aryl methyl sites for hydroxylation is 1. The lowest BCUT2D eigenvalue weighted by Gasteiger charge is -2.36. The molecule has 2 heterocycles. The third kappa shape index (κ3) is 4.32. The summed E-state index contributed by atoms with van der Waals surface area (Å²) in [6.07, 6.45) is 3.08. The van der Waals surface area contributed by atoms with Gasteiger partial charge in [-0.05, 0) is 55.2 Å². The standard InChI is InChI=1S/C19H28N2O2S/c1-15-4-2-3-5-16(15)14-21-10-6-17(7-11-21)20-18(22)19(23)8-12-24-13-9-19/h2-5,17,23H,6-14H2,1H3,(H,20,22). The Labute approximate surface area is 149 Å². The van der Waals surface area contributed by atoms with E-state index in [-0.39, 0.29) is 11.9 Å². The second-order valence-corrected chi connectivity index (χ2v) is 8.32. The number of amides is 1. The Morgan fingerprint density at radius 2 is 1.96 bits per heavy atom. The van der Waals surface area contributed by atoms with Crippen molar-refractivity contribution < 1.29 is 9.90 Å². The average molecular weight is 349 g/mol. The maximum atomic E-state index is 12.4.